The summed E-state index contributed by atoms with van der Waals surface area (Å²) < 4.78 is 5.44. The van der Waals surface area contributed by atoms with Crippen molar-refractivity contribution in [3.63, 3.8) is 0 Å². The molecule has 0 atom stereocenters. The molecule has 1 aliphatic carbocycles. The van der Waals surface area contributed by atoms with E-state index in [0.717, 1.165) is 29.8 Å². The molecule has 0 bridgehead atoms. The van der Waals surface area contributed by atoms with Gasteiger partial charge in [0.25, 0.3) is 0 Å². The van der Waals surface area contributed by atoms with Crippen molar-refractivity contribution in [1.29, 1.82) is 0 Å². The van der Waals surface area contributed by atoms with Gasteiger partial charge in [0.15, 0.2) is 5.96 Å². The van der Waals surface area contributed by atoms with Crippen LogP contribution in [0.4, 0.5) is 0 Å². The van der Waals surface area contributed by atoms with Gasteiger partial charge in [-0.2, -0.15) is 0 Å². The van der Waals surface area contributed by atoms with Crippen LogP contribution in [0.3, 0.4) is 0 Å². The van der Waals surface area contributed by atoms with E-state index in [-0.39, 0.29) is 12.1 Å². The zero-order valence-corrected chi connectivity index (χ0v) is 14.9. The zero-order valence-electron chi connectivity index (χ0n) is 14.2. The summed E-state index contributed by atoms with van der Waals surface area (Å²) in [6.07, 6.45) is 5.68. The van der Waals surface area contributed by atoms with Gasteiger partial charge in [0, 0.05) is 31.6 Å². The first-order valence-corrected chi connectivity index (χ1v) is 8.94. The summed E-state index contributed by atoms with van der Waals surface area (Å²) in [6, 6.07) is 7.70. The first-order chi connectivity index (χ1) is 11.7. The molecule has 24 heavy (non-hydrogen) atoms. The zero-order chi connectivity index (χ0) is 17.2. The Balaban J connectivity index is 1.61. The molecule has 6 heteroatoms. The van der Waals surface area contributed by atoms with E-state index in [1.807, 2.05) is 24.3 Å². The highest BCUT2D eigenvalue weighted by molar-refractivity contribution is 6.31. The van der Waals surface area contributed by atoms with Gasteiger partial charge in [0.2, 0.25) is 0 Å². The Morgan fingerprint density at radius 3 is 2.75 bits per heavy atom. The second kappa shape index (κ2) is 10.2. The van der Waals surface area contributed by atoms with E-state index >= 15 is 0 Å². The molecule has 1 fully saturated rings. The number of nitrogens with zero attached hydrogens (tertiary/aromatic N) is 1. The summed E-state index contributed by atoms with van der Waals surface area (Å²) in [7, 11) is 1.72. The summed E-state index contributed by atoms with van der Waals surface area (Å²) in [6.45, 7) is 1.27. The molecule has 1 saturated carbocycles. The molecule has 1 aromatic carbocycles. The van der Waals surface area contributed by atoms with E-state index in [1.165, 1.54) is 12.8 Å². The number of hydrogen-bond donors (Lipinski definition) is 2. The predicted molar refractivity (Wildman–Crippen MR) is 97.2 cm³/mol. The number of nitrogens with one attached hydrogen (secondary N) is 2. The lowest BCUT2D eigenvalue weighted by molar-refractivity contribution is -0.148. The number of esters is 1. The quantitative estimate of drug-likeness (QED) is 0.342. The molecule has 0 amide bonds. The molecule has 0 aliphatic heterocycles. The maximum atomic E-state index is 11.8. The summed E-state index contributed by atoms with van der Waals surface area (Å²) in [4.78, 5) is 15.9. The Kier molecular flexibility index (Phi) is 7.89. The smallest absolute Gasteiger partial charge is 0.306 e. The summed E-state index contributed by atoms with van der Waals surface area (Å²) in [5.74, 6) is 0.599. The molecule has 2 N–H and O–H groups in total. The number of rotatable bonds is 7. The third-order valence-electron chi connectivity index (χ3n) is 4.08. The lowest BCUT2D eigenvalue weighted by Crippen LogP contribution is -2.37. The molecule has 1 aliphatic rings. The monoisotopic (exact) mass is 351 g/mol. The van der Waals surface area contributed by atoms with Gasteiger partial charge in [-0.1, -0.05) is 29.8 Å². The van der Waals surface area contributed by atoms with Gasteiger partial charge < -0.3 is 15.4 Å². The molecular weight excluding hydrogens is 326 g/mol. The number of hydrogen-bond acceptors (Lipinski definition) is 3. The van der Waals surface area contributed by atoms with Crippen LogP contribution in [0.2, 0.25) is 5.02 Å². The van der Waals surface area contributed by atoms with Crippen molar-refractivity contribution in [2.24, 2.45) is 4.99 Å². The standard InChI is InChI=1S/C18H26ClN3O2/c1-20-18(22-13-14-7-2-5-10-16(14)19)21-12-6-11-17(23)24-15-8-3-4-9-15/h2,5,7,10,15H,3-4,6,8-9,11-13H2,1H3,(H2,20,21,22). The van der Waals surface area contributed by atoms with Gasteiger partial charge in [0.05, 0.1) is 0 Å². The number of benzene rings is 1. The van der Waals surface area contributed by atoms with Crippen LogP contribution < -0.4 is 10.6 Å². The van der Waals surface area contributed by atoms with Gasteiger partial charge in [-0.05, 0) is 43.7 Å². The highest BCUT2D eigenvalue weighted by Gasteiger charge is 2.18. The minimum atomic E-state index is -0.0947. The molecule has 1 aromatic rings. The number of carbonyl (C=O) groups excluding carboxylic acids is 1. The van der Waals surface area contributed by atoms with Crippen LogP contribution in [0.5, 0.6) is 0 Å². The van der Waals surface area contributed by atoms with Gasteiger partial charge in [-0.25, -0.2) is 0 Å². The fourth-order valence-electron chi connectivity index (χ4n) is 2.73. The first kappa shape index (κ1) is 18.6. The molecule has 0 spiro atoms. The maximum Gasteiger partial charge on any atom is 0.306 e. The van der Waals surface area contributed by atoms with Crippen molar-refractivity contribution in [3.05, 3.63) is 34.9 Å². The molecule has 5 nitrogen and oxygen atoms in total. The maximum absolute atomic E-state index is 11.8. The Labute approximate surface area is 148 Å². The molecule has 0 saturated heterocycles. The van der Waals surface area contributed by atoms with Crippen molar-refractivity contribution >= 4 is 23.5 Å². The molecule has 132 valence electrons. The van der Waals surface area contributed by atoms with E-state index in [2.05, 4.69) is 15.6 Å². The predicted octanol–water partition coefficient (Wildman–Crippen LogP) is 3.27. The van der Waals surface area contributed by atoms with E-state index in [1.54, 1.807) is 7.05 Å². The largest absolute Gasteiger partial charge is 0.462 e. The van der Waals surface area contributed by atoms with E-state index in [0.29, 0.717) is 25.5 Å². The van der Waals surface area contributed by atoms with E-state index in [9.17, 15) is 4.79 Å². The highest BCUT2D eigenvalue weighted by Crippen LogP contribution is 2.21. The second-order valence-electron chi connectivity index (χ2n) is 5.94. The molecular formula is C18H26ClN3O2. The summed E-state index contributed by atoms with van der Waals surface area (Å²) in [5.41, 5.74) is 1.02. The fraction of sp³-hybridized carbons (Fsp3) is 0.556. The van der Waals surface area contributed by atoms with Crippen molar-refractivity contribution in [1.82, 2.24) is 10.6 Å². The molecule has 0 unspecified atom stereocenters. The van der Waals surface area contributed by atoms with Crippen molar-refractivity contribution in [2.45, 2.75) is 51.2 Å². The topological polar surface area (TPSA) is 62.7 Å². The SMILES string of the molecule is CN=C(NCCCC(=O)OC1CCCC1)NCc1ccccc1Cl. The highest BCUT2D eigenvalue weighted by atomic mass is 35.5. The first-order valence-electron chi connectivity index (χ1n) is 8.56. The van der Waals surface area contributed by atoms with Gasteiger partial charge in [-0.3, -0.25) is 9.79 Å². The van der Waals surface area contributed by atoms with Crippen LogP contribution in [0, 0.1) is 0 Å². The Morgan fingerprint density at radius 1 is 1.29 bits per heavy atom. The summed E-state index contributed by atoms with van der Waals surface area (Å²) >= 11 is 6.13. The van der Waals surface area contributed by atoms with E-state index < -0.39 is 0 Å². The van der Waals surface area contributed by atoms with Crippen LogP contribution in [-0.2, 0) is 16.1 Å². The lowest BCUT2D eigenvalue weighted by atomic mass is 10.2. The minimum Gasteiger partial charge on any atom is -0.462 e. The number of aliphatic imine (C=N–C) groups is 1. The number of carbonyl (C=O) groups is 1. The normalized spacial score (nSPS) is 15.3. The third-order valence-corrected chi connectivity index (χ3v) is 4.45. The van der Waals surface area contributed by atoms with Crippen LogP contribution in [-0.4, -0.2) is 31.6 Å². The van der Waals surface area contributed by atoms with Crippen LogP contribution in [0.25, 0.3) is 0 Å². The average Bonchev–Trinajstić information content (AvgIpc) is 3.08. The molecule has 0 heterocycles. The minimum absolute atomic E-state index is 0.0947. The fourth-order valence-corrected chi connectivity index (χ4v) is 2.93. The summed E-state index contributed by atoms with van der Waals surface area (Å²) in [5, 5.41) is 7.14. The lowest BCUT2D eigenvalue weighted by Gasteiger charge is -2.13. The molecule has 0 aromatic heterocycles. The van der Waals surface area contributed by atoms with Gasteiger partial charge in [0.1, 0.15) is 6.10 Å². The average molecular weight is 352 g/mol. The van der Waals surface area contributed by atoms with Gasteiger partial charge in [-0.15, -0.1) is 0 Å². The molecule has 2 rings (SSSR count). The van der Waals surface area contributed by atoms with Crippen molar-refractivity contribution in [2.75, 3.05) is 13.6 Å². The number of halogens is 1. The molecule has 0 radical (unpaired) electrons. The third kappa shape index (κ3) is 6.40. The Bertz CT molecular complexity index is 557. The van der Waals surface area contributed by atoms with E-state index in [4.69, 9.17) is 16.3 Å². The van der Waals surface area contributed by atoms with Crippen molar-refractivity contribution in [3.8, 4) is 0 Å². The van der Waals surface area contributed by atoms with Crippen LogP contribution in [0.15, 0.2) is 29.3 Å². The van der Waals surface area contributed by atoms with Crippen LogP contribution >= 0.6 is 11.6 Å². The Morgan fingerprint density at radius 2 is 2.04 bits per heavy atom. The number of ether oxygens (including phenoxy) is 1. The van der Waals surface area contributed by atoms with Crippen LogP contribution in [0.1, 0.15) is 44.1 Å². The Hall–Kier alpha value is -1.75. The van der Waals surface area contributed by atoms with Crippen molar-refractivity contribution < 1.29 is 9.53 Å². The number of guanidine groups is 1. The van der Waals surface area contributed by atoms with Gasteiger partial charge >= 0.3 is 5.97 Å². The second-order valence-corrected chi connectivity index (χ2v) is 6.35.